The Morgan fingerprint density at radius 1 is 1.31 bits per heavy atom. The summed E-state index contributed by atoms with van der Waals surface area (Å²) in [5.74, 6) is -0.271. The number of rotatable bonds is 5. The number of likely N-dealkylation sites (N-methyl/N-ethyl adjacent to an activating group) is 1. The number of carbonyl (C=O) groups is 1. The van der Waals surface area contributed by atoms with Crippen molar-refractivity contribution >= 4 is 34.1 Å². The van der Waals surface area contributed by atoms with Crippen LogP contribution in [0, 0.1) is 5.82 Å². The van der Waals surface area contributed by atoms with Crippen LogP contribution < -0.4 is 10.0 Å². The first kappa shape index (κ1) is 21.4. The van der Waals surface area contributed by atoms with Gasteiger partial charge in [0.25, 0.3) is 0 Å². The lowest BCUT2D eigenvalue weighted by atomic mass is 10.1. The predicted molar refractivity (Wildman–Crippen MR) is 122 cm³/mol. The summed E-state index contributed by atoms with van der Waals surface area (Å²) in [5, 5.41) is 7.83. The number of nitrogens with zero attached hydrogens (tertiary/aromatic N) is 4. The number of hydrogen-bond acceptors (Lipinski definition) is 5. The number of halogens is 1. The van der Waals surface area contributed by atoms with E-state index >= 15 is 0 Å². The van der Waals surface area contributed by atoms with Crippen LogP contribution in [0.1, 0.15) is 41.8 Å². The molecule has 3 aromatic rings. The zero-order chi connectivity index (χ0) is 22.4. The van der Waals surface area contributed by atoms with Gasteiger partial charge in [0.05, 0.1) is 17.1 Å². The van der Waals surface area contributed by atoms with Crippen molar-refractivity contribution in [3.63, 3.8) is 0 Å². The van der Waals surface area contributed by atoms with Crippen LogP contribution in [0.2, 0.25) is 0 Å². The third kappa shape index (κ3) is 4.25. The second-order valence-electron chi connectivity index (χ2n) is 8.18. The Morgan fingerprint density at radius 3 is 2.84 bits per heavy atom. The highest BCUT2D eigenvalue weighted by Gasteiger charge is 2.37. The van der Waals surface area contributed by atoms with Crippen molar-refractivity contribution in [2.45, 2.75) is 37.3 Å². The van der Waals surface area contributed by atoms with Crippen LogP contribution in [0.25, 0.3) is 10.4 Å². The average Bonchev–Trinajstić information content (AvgIpc) is 3.32. The molecule has 1 saturated carbocycles. The predicted octanol–water partition coefficient (Wildman–Crippen LogP) is 3.11. The van der Waals surface area contributed by atoms with Crippen LogP contribution in [0.3, 0.4) is 0 Å². The van der Waals surface area contributed by atoms with E-state index in [-0.39, 0.29) is 23.7 Å². The minimum Gasteiger partial charge on any atom is -0.325 e. The Kier molecular flexibility index (Phi) is 5.66. The molecule has 0 spiro atoms. The summed E-state index contributed by atoms with van der Waals surface area (Å²) in [4.78, 5) is 18.5. The Hall–Kier alpha value is -2.47. The van der Waals surface area contributed by atoms with Gasteiger partial charge in [-0.25, -0.2) is 22.6 Å². The smallest absolute Gasteiger partial charge is 0.242 e. The van der Waals surface area contributed by atoms with Gasteiger partial charge < -0.3 is 5.32 Å². The van der Waals surface area contributed by atoms with Crippen molar-refractivity contribution in [1.82, 2.24) is 23.8 Å². The topological polar surface area (TPSA) is 92.2 Å². The largest absolute Gasteiger partial charge is 0.325 e. The molecule has 0 bridgehead atoms. The van der Waals surface area contributed by atoms with Crippen molar-refractivity contribution < 1.29 is 13.4 Å². The van der Waals surface area contributed by atoms with Gasteiger partial charge in [-0.05, 0) is 48.9 Å². The van der Waals surface area contributed by atoms with Crippen LogP contribution >= 0.6 is 11.3 Å². The first-order valence-electron chi connectivity index (χ1n) is 10.3. The number of benzene rings is 1. The summed E-state index contributed by atoms with van der Waals surface area (Å²) >= 11 is -0.0607. The Balaban J connectivity index is 1.33. The molecule has 5 rings (SSSR count). The summed E-state index contributed by atoms with van der Waals surface area (Å²) in [6.07, 6.45) is 7.80. The highest BCUT2D eigenvalue weighted by molar-refractivity contribution is 7.80. The van der Waals surface area contributed by atoms with Gasteiger partial charge in [-0.2, -0.15) is 5.10 Å². The van der Waals surface area contributed by atoms with Gasteiger partial charge >= 0.3 is 0 Å². The second kappa shape index (κ2) is 8.47. The van der Waals surface area contributed by atoms with E-state index in [1.807, 2.05) is 13.2 Å². The molecule has 2 fully saturated rings. The molecule has 1 saturated heterocycles. The molecule has 3 heterocycles. The zero-order valence-electron chi connectivity index (χ0n) is 17.6. The maximum absolute atomic E-state index is 14.1. The summed E-state index contributed by atoms with van der Waals surface area (Å²) in [7, 11) is 3.50. The van der Waals surface area contributed by atoms with E-state index in [2.05, 4.69) is 20.1 Å². The fourth-order valence-corrected chi connectivity index (χ4v) is 5.91. The van der Waals surface area contributed by atoms with E-state index in [0.717, 1.165) is 28.3 Å². The highest BCUT2D eigenvalue weighted by Crippen LogP contribution is 2.42. The van der Waals surface area contributed by atoms with E-state index in [9.17, 15) is 13.4 Å². The number of aryl methyl sites for hydroxylation is 1. The molecule has 1 amide bonds. The number of amides is 1. The first-order chi connectivity index (χ1) is 15.4. The van der Waals surface area contributed by atoms with E-state index in [0.29, 0.717) is 17.7 Å². The highest BCUT2D eigenvalue weighted by atomic mass is 32.2. The van der Waals surface area contributed by atoms with Gasteiger partial charge in [-0.1, -0.05) is 0 Å². The molecule has 2 N–H and O–H groups in total. The quantitative estimate of drug-likeness (QED) is 0.594. The third-order valence-electron chi connectivity index (χ3n) is 5.80. The van der Waals surface area contributed by atoms with Crippen LogP contribution in [0.15, 0.2) is 36.8 Å². The minimum atomic E-state index is -1.55. The molecule has 2 aliphatic rings. The molecule has 3 unspecified atom stereocenters. The Labute approximate surface area is 191 Å². The standard InChI is InChI=1S/C21H23FN6O2S2/c1-27-11-13(9-24-27)19-10-23-21(31-19)17-8-18(28(2)32(30)26-17)20(29)25-14-5-6-16(22)15(7-14)12-3-4-12/h5-7,9-12,17-18,26H,3-4,8H2,1-2H3,(H,25,29). The normalized spacial score (nSPS) is 23.9. The van der Waals surface area contributed by atoms with Crippen LogP contribution in [0.4, 0.5) is 10.1 Å². The van der Waals surface area contributed by atoms with Crippen LogP contribution in [-0.2, 0) is 23.0 Å². The molecule has 0 radical (unpaired) electrons. The molecule has 3 atom stereocenters. The summed E-state index contributed by atoms with van der Waals surface area (Å²) in [5.41, 5.74) is 2.16. The lowest BCUT2D eigenvalue weighted by molar-refractivity contribution is -0.120. The van der Waals surface area contributed by atoms with Gasteiger partial charge in [-0.15, -0.1) is 11.3 Å². The molecule has 8 nitrogen and oxygen atoms in total. The van der Waals surface area contributed by atoms with Gasteiger partial charge in [-0.3, -0.25) is 9.48 Å². The maximum Gasteiger partial charge on any atom is 0.242 e. The number of hydrogen-bond donors (Lipinski definition) is 2. The van der Waals surface area contributed by atoms with Crippen molar-refractivity contribution in [3.05, 3.63) is 53.2 Å². The lowest BCUT2D eigenvalue weighted by Crippen LogP contribution is -2.53. The van der Waals surface area contributed by atoms with Crippen molar-refractivity contribution in [2.75, 3.05) is 12.4 Å². The molecule has 1 aliphatic carbocycles. The SMILES string of the molecule is CN1C(C(=O)Nc2ccc(F)c(C3CC3)c2)CC(c2ncc(-c3cnn(C)c3)s2)NS1=O. The van der Waals surface area contributed by atoms with Crippen molar-refractivity contribution in [1.29, 1.82) is 0 Å². The molecule has 1 aromatic carbocycles. The van der Waals surface area contributed by atoms with E-state index in [1.165, 1.54) is 21.7 Å². The van der Waals surface area contributed by atoms with Crippen LogP contribution in [-0.4, -0.2) is 42.3 Å². The molecular formula is C21H23FN6O2S2. The number of aromatic nitrogens is 3. The van der Waals surface area contributed by atoms with Gasteiger partial charge in [0, 0.05) is 37.7 Å². The molecular weight excluding hydrogens is 451 g/mol. The average molecular weight is 475 g/mol. The van der Waals surface area contributed by atoms with Crippen molar-refractivity contribution in [2.24, 2.45) is 7.05 Å². The molecule has 168 valence electrons. The van der Waals surface area contributed by atoms with E-state index in [1.54, 1.807) is 36.3 Å². The van der Waals surface area contributed by atoms with Crippen molar-refractivity contribution in [3.8, 4) is 10.4 Å². The van der Waals surface area contributed by atoms with Gasteiger partial charge in [0.15, 0.2) is 11.2 Å². The Morgan fingerprint density at radius 2 is 2.12 bits per heavy atom. The summed E-state index contributed by atoms with van der Waals surface area (Å²) in [6.45, 7) is 0. The van der Waals surface area contributed by atoms with E-state index < -0.39 is 17.2 Å². The number of nitrogens with one attached hydrogen (secondary N) is 2. The summed E-state index contributed by atoms with van der Waals surface area (Å²) in [6, 6.07) is 3.72. The second-order valence-corrected chi connectivity index (χ2v) is 10.6. The molecule has 11 heteroatoms. The van der Waals surface area contributed by atoms with Gasteiger partial charge in [0.1, 0.15) is 16.9 Å². The summed E-state index contributed by atoms with van der Waals surface area (Å²) < 4.78 is 33.0. The van der Waals surface area contributed by atoms with E-state index in [4.69, 9.17) is 0 Å². The monoisotopic (exact) mass is 474 g/mol. The minimum absolute atomic E-state index is 0.237. The van der Waals surface area contributed by atoms with Crippen LogP contribution in [0.5, 0.6) is 0 Å². The first-order valence-corrected chi connectivity index (χ1v) is 12.3. The fraction of sp³-hybridized carbons (Fsp3) is 0.381. The fourth-order valence-electron chi connectivity index (χ4n) is 3.85. The molecule has 1 aliphatic heterocycles. The number of carbonyl (C=O) groups excluding carboxylic acids is 1. The zero-order valence-corrected chi connectivity index (χ0v) is 19.3. The Bertz CT molecular complexity index is 1190. The number of anilines is 1. The number of thiazole rings is 1. The lowest BCUT2D eigenvalue weighted by Gasteiger charge is -2.34. The maximum atomic E-state index is 14.1. The molecule has 32 heavy (non-hydrogen) atoms. The third-order valence-corrected chi connectivity index (χ3v) is 8.22. The van der Waals surface area contributed by atoms with Gasteiger partial charge in [0.2, 0.25) is 5.91 Å². The molecule has 2 aromatic heterocycles.